The fraction of sp³-hybridized carbons (Fsp3) is 0.240. The molecule has 192 valence electrons. The molecule has 1 saturated heterocycles. The van der Waals surface area contributed by atoms with Crippen LogP contribution in [0.25, 0.3) is 11.4 Å². The van der Waals surface area contributed by atoms with E-state index in [0.29, 0.717) is 23.3 Å². The third-order valence-electron chi connectivity index (χ3n) is 5.05. The van der Waals surface area contributed by atoms with Crippen LogP contribution in [0.4, 0.5) is 21.7 Å². The summed E-state index contributed by atoms with van der Waals surface area (Å²) >= 11 is 6.43. The van der Waals surface area contributed by atoms with E-state index in [0.717, 1.165) is 61.3 Å². The number of halogens is 2. The van der Waals surface area contributed by atoms with Gasteiger partial charge < -0.3 is 15.4 Å². The summed E-state index contributed by atoms with van der Waals surface area (Å²) in [4.78, 5) is 20.7. The third kappa shape index (κ3) is 8.40. The summed E-state index contributed by atoms with van der Waals surface area (Å²) in [7, 11) is 1.82. The fourth-order valence-corrected chi connectivity index (χ4v) is 3.52. The lowest BCUT2D eigenvalue weighted by molar-refractivity contribution is 0.109. The number of benzene rings is 1. The number of aromatic nitrogens is 5. The Morgan fingerprint density at radius 2 is 1.76 bits per heavy atom. The van der Waals surface area contributed by atoms with Crippen molar-refractivity contribution < 1.29 is 9.13 Å². The van der Waals surface area contributed by atoms with E-state index in [-0.39, 0.29) is 0 Å². The second-order valence-electron chi connectivity index (χ2n) is 7.99. The van der Waals surface area contributed by atoms with Crippen molar-refractivity contribution in [2.45, 2.75) is 6.54 Å². The molecule has 37 heavy (non-hydrogen) atoms. The van der Waals surface area contributed by atoms with Crippen molar-refractivity contribution in [2.75, 3.05) is 44.1 Å². The number of nitrogens with zero attached hydrogens (tertiary/aromatic N) is 6. The minimum atomic E-state index is -0.485. The standard InChI is InChI=1S/C21H18ClFN8.C4H9NO/c1-31(30-21-27-10-15(23)11-28-21)13-17-5-4-16(12-26-17)29-19-6-3-14(9-18(19)22)20-24-7-2-8-25-20;1-3-6-4-2-5-1/h2-12,29H,13H2,1H3,(H,27,28,30);5H,1-4H2. The van der Waals surface area contributed by atoms with Crippen LogP contribution in [0.15, 0.2) is 67.4 Å². The van der Waals surface area contributed by atoms with Gasteiger partial charge in [0.05, 0.1) is 60.4 Å². The van der Waals surface area contributed by atoms with E-state index in [1.807, 2.05) is 37.4 Å². The summed E-state index contributed by atoms with van der Waals surface area (Å²) in [5.74, 6) is 0.438. The second kappa shape index (κ2) is 13.5. The number of morpholine rings is 1. The summed E-state index contributed by atoms with van der Waals surface area (Å²) in [6.45, 7) is 4.33. The molecule has 0 bridgehead atoms. The molecule has 3 N–H and O–H groups in total. The van der Waals surface area contributed by atoms with Gasteiger partial charge in [-0.1, -0.05) is 11.6 Å². The van der Waals surface area contributed by atoms with Crippen molar-refractivity contribution in [1.29, 1.82) is 0 Å². The molecule has 1 aliphatic rings. The Morgan fingerprint density at radius 1 is 1.00 bits per heavy atom. The molecule has 1 aliphatic heterocycles. The van der Waals surface area contributed by atoms with Crippen LogP contribution in [0.3, 0.4) is 0 Å². The largest absolute Gasteiger partial charge is 0.379 e. The van der Waals surface area contributed by atoms with Gasteiger partial charge in [0.2, 0.25) is 5.95 Å². The van der Waals surface area contributed by atoms with E-state index in [4.69, 9.17) is 16.3 Å². The molecule has 0 atom stereocenters. The van der Waals surface area contributed by atoms with Gasteiger partial charge in [-0.05, 0) is 36.4 Å². The van der Waals surface area contributed by atoms with Crippen LogP contribution in [-0.2, 0) is 11.3 Å². The molecule has 0 amide bonds. The molecule has 12 heteroatoms. The van der Waals surface area contributed by atoms with Crippen LogP contribution >= 0.6 is 11.6 Å². The number of pyridine rings is 1. The van der Waals surface area contributed by atoms with Crippen LogP contribution in [0.2, 0.25) is 5.02 Å². The summed E-state index contributed by atoms with van der Waals surface area (Å²) in [6, 6.07) is 11.2. The SMILES string of the molecule is C1COCCN1.CN(Cc1ccc(Nc2ccc(-c3ncccn3)cc2Cl)cn1)Nc1ncc(F)cn1. The van der Waals surface area contributed by atoms with Gasteiger partial charge >= 0.3 is 0 Å². The van der Waals surface area contributed by atoms with E-state index in [1.54, 1.807) is 29.7 Å². The van der Waals surface area contributed by atoms with Gasteiger partial charge in [0.1, 0.15) is 0 Å². The number of ether oxygens (including phenoxy) is 1. The van der Waals surface area contributed by atoms with Crippen molar-refractivity contribution in [3.05, 3.63) is 83.9 Å². The molecule has 4 heterocycles. The predicted molar refractivity (Wildman–Crippen MR) is 141 cm³/mol. The normalized spacial score (nSPS) is 13.0. The van der Waals surface area contributed by atoms with Gasteiger partial charge in [-0.2, -0.15) is 0 Å². The monoisotopic (exact) mass is 523 g/mol. The molecule has 0 spiro atoms. The molecule has 0 aliphatic carbocycles. The zero-order chi connectivity index (χ0) is 25.9. The Balaban J connectivity index is 0.000000469. The minimum Gasteiger partial charge on any atom is -0.379 e. The summed E-state index contributed by atoms with van der Waals surface area (Å²) in [5, 5.41) is 8.72. The first-order valence-electron chi connectivity index (χ1n) is 11.6. The first-order valence-corrected chi connectivity index (χ1v) is 12.0. The molecule has 0 radical (unpaired) electrons. The summed E-state index contributed by atoms with van der Waals surface area (Å²) in [5.41, 5.74) is 6.17. The zero-order valence-electron chi connectivity index (χ0n) is 20.2. The van der Waals surface area contributed by atoms with Gasteiger partial charge in [-0.3, -0.25) is 10.4 Å². The number of rotatable bonds is 7. The van der Waals surface area contributed by atoms with Gasteiger partial charge in [-0.25, -0.2) is 29.3 Å². The van der Waals surface area contributed by atoms with Crippen LogP contribution in [0.1, 0.15) is 5.69 Å². The maximum atomic E-state index is 12.9. The van der Waals surface area contributed by atoms with Crippen molar-refractivity contribution in [3.63, 3.8) is 0 Å². The van der Waals surface area contributed by atoms with Crippen LogP contribution in [-0.4, -0.2) is 63.3 Å². The minimum absolute atomic E-state index is 0.307. The Hall–Kier alpha value is -3.77. The quantitative estimate of drug-likeness (QED) is 0.308. The molecule has 0 saturated carbocycles. The number of nitrogens with one attached hydrogen (secondary N) is 3. The Morgan fingerprint density at radius 3 is 2.35 bits per heavy atom. The highest BCUT2D eigenvalue weighted by molar-refractivity contribution is 6.33. The van der Waals surface area contributed by atoms with E-state index < -0.39 is 5.82 Å². The zero-order valence-corrected chi connectivity index (χ0v) is 21.0. The van der Waals surface area contributed by atoms with Crippen molar-refractivity contribution >= 4 is 28.9 Å². The van der Waals surface area contributed by atoms with Gasteiger partial charge in [0.15, 0.2) is 11.6 Å². The predicted octanol–water partition coefficient (Wildman–Crippen LogP) is 3.93. The second-order valence-corrected chi connectivity index (χ2v) is 8.39. The number of hydrazine groups is 1. The van der Waals surface area contributed by atoms with Crippen molar-refractivity contribution in [3.8, 4) is 11.4 Å². The molecule has 1 fully saturated rings. The topological polar surface area (TPSA) is 113 Å². The Kier molecular flexibility index (Phi) is 9.60. The van der Waals surface area contributed by atoms with Gasteiger partial charge in [0.25, 0.3) is 0 Å². The molecule has 0 unspecified atom stereocenters. The lowest BCUT2D eigenvalue weighted by Gasteiger charge is -2.17. The average Bonchev–Trinajstić information content (AvgIpc) is 2.94. The van der Waals surface area contributed by atoms with E-state index in [9.17, 15) is 4.39 Å². The number of anilines is 3. The number of hydrogen-bond acceptors (Lipinski definition) is 10. The molecule has 5 rings (SSSR count). The lowest BCUT2D eigenvalue weighted by atomic mass is 10.2. The smallest absolute Gasteiger partial charge is 0.237 e. The Bertz CT molecular complexity index is 1230. The Labute approximate surface area is 219 Å². The third-order valence-corrected chi connectivity index (χ3v) is 5.37. The van der Waals surface area contributed by atoms with E-state index in [2.05, 4.69) is 41.0 Å². The first-order chi connectivity index (χ1) is 18.1. The molecule has 10 nitrogen and oxygen atoms in total. The number of hydrogen-bond donors (Lipinski definition) is 3. The molecular formula is C25H27ClFN9O. The fourth-order valence-electron chi connectivity index (χ4n) is 3.29. The van der Waals surface area contributed by atoms with Gasteiger partial charge in [0, 0.05) is 38.1 Å². The highest BCUT2D eigenvalue weighted by Crippen LogP contribution is 2.29. The van der Waals surface area contributed by atoms with Crippen LogP contribution in [0.5, 0.6) is 0 Å². The molecule has 4 aromatic rings. The average molecular weight is 524 g/mol. The van der Waals surface area contributed by atoms with Crippen LogP contribution < -0.4 is 16.1 Å². The maximum Gasteiger partial charge on any atom is 0.237 e. The lowest BCUT2D eigenvalue weighted by Crippen LogP contribution is -2.30. The van der Waals surface area contributed by atoms with Crippen molar-refractivity contribution in [2.24, 2.45) is 0 Å². The van der Waals surface area contributed by atoms with E-state index in [1.165, 1.54) is 0 Å². The maximum absolute atomic E-state index is 12.9. The van der Waals surface area contributed by atoms with Gasteiger partial charge in [-0.15, -0.1) is 0 Å². The van der Waals surface area contributed by atoms with E-state index >= 15 is 0 Å². The molecular weight excluding hydrogens is 497 g/mol. The van der Waals surface area contributed by atoms with Crippen LogP contribution in [0, 0.1) is 5.82 Å². The van der Waals surface area contributed by atoms with Crippen molar-refractivity contribution in [1.82, 2.24) is 35.2 Å². The molecule has 3 aromatic heterocycles. The first kappa shape index (κ1) is 26.3. The highest BCUT2D eigenvalue weighted by atomic mass is 35.5. The summed E-state index contributed by atoms with van der Waals surface area (Å²) in [6.07, 6.45) is 7.31. The highest BCUT2D eigenvalue weighted by Gasteiger charge is 2.08. The summed E-state index contributed by atoms with van der Waals surface area (Å²) < 4.78 is 17.9. The molecule has 1 aromatic carbocycles.